The van der Waals surface area contributed by atoms with E-state index in [1.165, 1.54) is 45.8 Å². The fourth-order valence-corrected chi connectivity index (χ4v) is 3.86. The third-order valence-corrected chi connectivity index (χ3v) is 5.44. The summed E-state index contributed by atoms with van der Waals surface area (Å²) in [7, 11) is -3.05. The minimum absolute atomic E-state index is 0.508. The van der Waals surface area contributed by atoms with Gasteiger partial charge in [-0.1, -0.05) is 6.08 Å². The second-order valence-corrected chi connectivity index (χ2v) is 7.45. The van der Waals surface area contributed by atoms with Crippen molar-refractivity contribution in [2.75, 3.05) is 19.3 Å². The van der Waals surface area contributed by atoms with Crippen LogP contribution in [0.3, 0.4) is 0 Å². The van der Waals surface area contributed by atoms with Crippen molar-refractivity contribution in [1.29, 1.82) is 0 Å². The van der Waals surface area contributed by atoms with Crippen LogP contribution in [-0.2, 0) is 22.9 Å². The van der Waals surface area contributed by atoms with Crippen LogP contribution in [0.5, 0.6) is 0 Å². The summed E-state index contributed by atoms with van der Waals surface area (Å²) in [5.74, 6) is 0. The zero-order valence-corrected chi connectivity index (χ0v) is 12.1. The number of hydrogen-bond donors (Lipinski definition) is 1. The lowest BCUT2D eigenvalue weighted by Crippen LogP contribution is -2.33. The first kappa shape index (κ1) is 12.9. The third kappa shape index (κ3) is 2.49. The summed E-state index contributed by atoms with van der Waals surface area (Å²) in [4.78, 5) is 3.39. The lowest BCUT2D eigenvalue weighted by atomic mass is 9.90. The SMILES string of the molecule is CS(=O)(=O)N1CC=C(c2c[nH]c3c2CCCC3)CC1. The highest BCUT2D eigenvalue weighted by molar-refractivity contribution is 7.88. The molecule has 0 spiro atoms. The molecule has 2 aliphatic rings. The molecule has 0 bridgehead atoms. The fourth-order valence-electron chi connectivity index (χ4n) is 3.09. The first-order chi connectivity index (χ1) is 9.05. The Bertz CT molecular complexity index is 613. The predicted molar refractivity (Wildman–Crippen MR) is 76.4 cm³/mol. The Morgan fingerprint density at radius 1 is 1.21 bits per heavy atom. The van der Waals surface area contributed by atoms with Crippen LogP contribution in [0, 0.1) is 0 Å². The minimum atomic E-state index is -3.05. The summed E-state index contributed by atoms with van der Waals surface area (Å²) >= 11 is 0. The summed E-state index contributed by atoms with van der Waals surface area (Å²) < 4.78 is 24.5. The third-order valence-electron chi connectivity index (χ3n) is 4.17. The van der Waals surface area contributed by atoms with Crippen molar-refractivity contribution in [3.05, 3.63) is 29.1 Å². The van der Waals surface area contributed by atoms with Gasteiger partial charge in [-0.15, -0.1) is 0 Å². The van der Waals surface area contributed by atoms with Crippen molar-refractivity contribution >= 4 is 15.6 Å². The molecule has 5 heteroatoms. The fraction of sp³-hybridized carbons (Fsp3) is 0.571. The zero-order chi connectivity index (χ0) is 13.5. The normalized spacial score (nSPS) is 21.0. The van der Waals surface area contributed by atoms with Crippen LogP contribution in [0.2, 0.25) is 0 Å². The number of aromatic amines is 1. The summed E-state index contributed by atoms with van der Waals surface area (Å²) in [6.07, 6.45) is 11.1. The van der Waals surface area contributed by atoms with Gasteiger partial charge in [0.1, 0.15) is 0 Å². The van der Waals surface area contributed by atoms with Crippen LogP contribution in [0.25, 0.3) is 5.57 Å². The average molecular weight is 280 g/mol. The maximum Gasteiger partial charge on any atom is 0.211 e. The van der Waals surface area contributed by atoms with Gasteiger partial charge in [-0.05, 0) is 48.8 Å². The number of aromatic nitrogens is 1. The molecule has 0 unspecified atom stereocenters. The van der Waals surface area contributed by atoms with Crippen LogP contribution in [0.1, 0.15) is 36.1 Å². The van der Waals surface area contributed by atoms with Crippen LogP contribution < -0.4 is 0 Å². The van der Waals surface area contributed by atoms with E-state index in [1.807, 2.05) is 0 Å². The molecule has 0 amide bonds. The number of nitrogens with one attached hydrogen (secondary N) is 1. The van der Waals surface area contributed by atoms with E-state index in [9.17, 15) is 8.42 Å². The van der Waals surface area contributed by atoms with Crippen LogP contribution in [-0.4, -0.2) is 37.1 Å². The molecule has 104 valence electrons. The van der Waals surface area contributed by atoms with E-state index in [0.717, 1.165) is 19.3 Å². The Kier molecular flexibility index (Phi) is 3.27. The Morgan fingerprint density at radius 3 is 2.68 bits per heavy atom. The van der Waals surface area contributed by atoms with E-state index in [4.69, 9.17) is 0 Å². The van der Waals surface area contributed by atoms with Crippen molar-refractivity contribution in [3.8, 4) is 0 Å². The number of sulfonamides is 1. The van der Waals surface area contributed by atoms with Gasteiger partial charge in [0.05, 0.1) is 6.26 Å². The molecule has 0 atom stereocenters. The van der Waals surface area contributed by atoms with Crippen molar-refractivity contribution in [1.82, 2.24) is 9.29 Å². The standard InChI is InChI=1S/C14H20N2O2S/c1-19(17,18)16-8-6-11(7-9-16)13-10-15-14-5-3-2-4-12(13)14/h6,10,15H,2-5,7-9H2,1H3. The van der Waals surface area contributed by atoms with E-state index in [0.29, 0.717) is 13.1 Å². The summed E-state index contributed by atoms with van der Waals surface area (Å²) in [5, 5.41) is 0. The van der Waals surface area contributed by atoms with E-state index in [-0.39, 0.29) is 0 Å². The molecule has 1 aromatic rings. The van der Waals surface area contributed by atoms with Gasteiger partial charge in [-0.3, -0.25) is 0 Å². The Morgan fingerprint density at radius 2 is 2.00 bits per heavy atom. The smallest absolute Gasteiger partial charge is 0.211 e. The molecule has 0 aromatic carbocycles. The lowest BCUT2D eigenvalue weighted by Gasteiger charge is -2.24. The Labute approximate surface area is 114 Å². The first-order valence-electron chi connectivity index (χ1n) is 6.89. The predicted octanol–water partition coefficient (Wildman–Crippen LogP) is 1.94. The second-order valence-electron chi connectivity index (χ2n) is 5.47. The zero-order valence-electron chi connectivity index (χ0n) is 11.3. The first-order valence-corrected chi connectivity index (χ1v) is 8.74. The molecule has 0 saturated heterocycles. The molecule has 0 fully saturated rings. The van der Waals surface area contributed by atoms with Gasteiger partial charge in [-0.2, -0.15) is 4.31 Å². The van der Waals surface area contributed by atoms with Gasteiger partial charge in [0.2, 0.25) is 10.0 Å². The number of aryl methyl sites for hydroxylation is 1. The van der Waals surface area contributed by atoms with Crippen molar-refractivity contribution in [2.45, 2.75) is 32.1 Å². The van der Waals surface area contributed by atoms with Gasteiger partial charge < -0.3 is 4.98 Å². The number of hydrogen-bond acceptors (Lipinski definition) is 2. The number of fused-ring (bicyclic) bond motifs is 1. The van der Waals surface area contributed by atoms with Crippen LogP contribution >= 0.6 is 0 Å². The van der Waals surface area contributed by atoms with Crippen molar-refractivity contribution in [3.63, 3.8) is 0 Å². The second kappa shape index (κ2) is 4.80. The van der Waals surface area contributed by atoms with Gasteiger partial charge in [0.15, 0.2) is 0 Å². The quantitative estimate of drug-likeness (QED) is 0.900. The van der Waals surface area contributed by atoms with Crippen LogP contribution in [0.4, 0.5) is 0 Å². The molecule has 0 radical (unpaired) electrons. The van der Waals surface area contributed by atoms with Gasteiger partial charge in [-0.25, -0.2) is 8.42 Å². The highest BCUT2D eigenvalue weighted by Gasteiger charge is 2.23. The number of rotatable bonds is 2. The molecule has 4 nitrogen and oxygen atoms in total. The van der Waals surface area contributed by atoms with Gasteiger partial charge >= 0.3 is 0 Å². The molecule has 19 heavy (non-hydrogen) atoms. The van der Waals surface area contributed by atoms with E-state index in [1.54, 1.807) is 0 Å². The van der Waals surface area contributed by atoms with E-state index in [2.05, 4.69) is 17.3 Å². The Balaban J connectivity index is 1.85. The maximum absolute atomic E-state index is 11.5. The Hall–Kier alpha value is -1.07. The molecule has 2 heterocycles. The maximum atomic E-state index is 11.5. The molecule has 1 aliphatic heterocycles. The monoisotopic (exact) mass is 280 g/mol. The van der Waals surface area contributed by atoms with E-state index >= 15 is 0 Å². The topological polar surface area (TPSA) is 53.2 Å². The van der Waals surface area contributed by atoms with Crippen molar-refractivity contribution in [2.24, 2.45) is 0 Å². The largest absolute Gasteiger partial charge is 0.364 e. The van der Waals surface area contributed by atoms with Crippen molar-refractivity contribution < 1.29 is 8.42 Å². The highest BCUT2D eigenvalue weighted by Crippen LogP contribution is 2.31. The summed E-state index contributed by atoms with van der Waals surface area (Å²) in [6, 6.07) is 0. The molecule has 1 aromatic heterocycles. The molecular weight excluding hydrogens is 260 g/mol. The molecule has 3 rings (SSSR count). The van der Waals surface area contributed by atoms with Crippen LogP contribution in [0.15, 0.2) is 12.3 Å². The lowest BCUT2D eigenvalue weighted by molar-refractivity contribution is 0.446. The van der Waals surface area contributed by atoms with E-state index < -0.39 is 10.0 Å². The van der Waals surface area contributed by atoms with Gasteiger partial charge in [0.25, 0.3) is 0 Å². The average Bonchev–Trinajstić information content (AvgIpc) is 2.82. The highest BCUT2D eigenvalue weighted by atomic mass is 32.2. The minimum Gasteiger partial charge on any atom is -0.364 e. The number of H-pyrrole nitrogens is 1. The molecule has 1 N–H and O–H groups in total. The molecular formula is C14H20N2O2S. The summed E-state index contributed by atoms with van der Waals surface area (Å²) in [5.41, 5.74) is 5.47. The summed E-state index contributed by atoms with van der Waals surface area (Å²) in [6.45, 7) is 1.11. The van der Waals surface area contributed by atoms with Gasteiger partial charge in [0, 0.05) is 25.0 Å². The molecule has 0 saturated carbocycles. The number of nitrogens with zero attached hydrogens (tertiary/aromatic N) is 1. The molecule has 1 aliphatic carbocycles.